The van der Waals surface area contributed by atoms with Gasteiger partial charge in [0.05, 0.1) is 13.2 Å². The number of phenols is 1. The van der Waals surface area contributed by atoms with Crippen LogP contribution >= 0.6 is 0 Å². The number of benzene rings is 2. The first-order chi connectivity index (χ1) is 10.2. The molecule has 0 amide bonds. The third-order valence-corrected chi connectivity index (χ3v) is 4.19. The van der Waals surface area contributed by atoms with E-state index in [1.807, 2.05) is 12.1 Å². The van der Waals surface area contributed by atoms with Gasteiger partial charge in [-0.15, -0.1) is 0 Å². The van der Waals surface area contributed by atoms with Gasteiger partial charge in [0.15, 0.2) is 0 Å². The average molecular weight is 283 g/mol. The molecule has 110 valence electrons. The van der Waals surface area contributed by atoms with E-state index in [1.165, 1.54) is 30.4 Å². The predicted molar refractivity (Wildman–Crippen MR) is 85.2 cm³/mol. The Balaban J connectivity index is 1.78. The maximum atomic E-state index is 10.1. The molecule has 0 spiro atoms. The lowest BCUT2D eigenvalue weighted by Gasteiger charge is -2.18. The van der Waals surface area contributed by atoms with Gasteiger partial charge in [-0.3, -0.25) is 0 Å². The van der Waals surface area contributed by atoms with Crippen LogP contribution in [0.3, 0.4) is 0 Å². The summed E-state index contributed by atoms with van der Waals surface area (Å²) >= 11 is 0. The van der Waals surface area contributed by atoms with Gasteiger partial charge < -0.3 is 15.2 Å². The Morgan fingerprint density at radius 2 is 1.90 bits per heavy atom. The van der Waals surface area contributed by atoms with E-state index in [-0.39, 0.29) is 11.8 Å². The molecule has 21 heavy (non-hydrogen) atoms. The first kappa shape index (κ1) is 13.8. The van der Waals surface area contributed by atoms with Crippen molar-refractivity contribution in [3.05, 3.63) is 53.1 Å². The van der Waals surface area contributed by atoms with Crippen molar-refractivity contribution in [3.63, 3.8) is 0 Å². The Labute approximate surface area is 125 Å². The third-order valence-electron chi connectivity index (χ3n) is 4.19. The molecule has 2 N–H and O–H groups in total. The number of nitrogens with one attached hydrogen (secondary N) is 1. The highest BCUT2D eigenvalue weighted by atomic mass is 16.5. The number of ether oxygens (including phenoxy) is 1. The summed E-state index contributed by atoms with van der Waals surface area (Å²) in [5, 5.41) is 13.6. The van der Waals surface area contributed by atoms with E-state index < -0.39 is 0 Å². The lowest BCUT2D eigenvalue weighted by molar-refractivity contribution is 0.406. The summed E-state index contributed by atoms with van der Waals surface area (Å²) in [4.78, 5) is 0. The quantitative estimate of drug-likeness (QED) is 0.889. The van der Waals surface area contributed by atoms with Gasteiger partial charge in [0.2, 0.25) is 0 Å². The number of aromatic hydroxyl groups is 1. The first-order valence-electron chi connectivity index (χ1n) is 7.42. The molecule has 1 atom stereocenters. The Morgan fingerprint density at radius 3 is 2.67 bits per heavy atom. The van der Waals surface area contributed by atoms with E-state index in [1.54, 1.807) is 13.2 Å². The van der Waals surface area contributed by atoms with Crippen molar-refractivity contribution in [2.75, 3.05) is 12.4 Å². The average Bonchev–Trinajstić information content (AvgIpc) is 2.94. The van der Waals surface area contributed by atoms with Gasteiger partial charge in [-0.25, -0.2) is 0 Å². The molecule has 0 saturated heterocycles. The summed E-state index contributed by atoms with van der Waals surface area (Å²) in [6.07, 6.45) is 3.63. The van der Waals surface area contributed by atoms with Crippen LogP contribution in [0.1, 0.15) is 36.1 Å². The summed E-state index contributed by atoms with van der Waals surface area (Å²) in [7, 11) is 1.60. The molecule has 1 unspecified atom stereocenters. The smallest absolute Gasteiger partial charge is 0.124 e. The summed E-state index contributed by atoms with van der Waals surface area (Å²) in [5.41, 5.74) is 4.90. The van der Waals surface area contributed by atoms with Crippen LogP contribution in [-0.4, -0.2) is 12.2 Å². The molecule has 0 fully saturated rings. The normalized spacial score (nSPS) is 14.6. The van der Waals surface area contributed by atoms with E-state index in [0.29, 0.717) is 5.75 Å². The van der Waals surface area contributed by atoms with E-state index in [2.05, 4.69) is 30.4 Å². The van der Waals surface area contributed by atoms with Crippen LogP contribution < -0.4 is 10.1 Å². The van der Waals surface area contributed by atoms with Gasteiger partial charge in [0.25, 0.3) is 0 Å². The maximum absolute atomic E-state index is 10.1. The number of hydrogen-bond donors (Lipinski definition) is 2. The van der Waals surface area contributed by atoms with Crippen LogP contribution in [-0.2, 0) is 12.8 Å². The van der Waals surface area contributed by atoms with Crippen molar-refractivity contribution in [3.8, 4) is 11.5 Å². The molecule has 3 nitrogen and oxygen atoms in total. The van der Waals surface area contributed by atoms with Crippen molar-refractivity contribution < 1.29 is 9.84 Å². The van der Waals surface area contributed by atoms with E-state index in [0.717, 1.165) is 11.3 Å². The van der Waals surface area contributed by atoms with Crippen LogP contribution in [0.15, 0.2) is 36.4 Å². The molecule has 1 aliphatic rings. The van der Waals surface area contributed by atoms with Crippen molar-refractivity contribution in [2.24, 2.45) is 0 Å². The number of rotatable bonds is 4. The van der Waals surface area contributed by atoms with Gasteiger partial charge in [-0.05, 0) is 61.6 Å². The fourth-order valence-electron chi connectivity index (χ4n) is 3.01. The van der Waals surface area contributed by atoms with E-state index >= 15 is 0 Å². The predicted octanol–water partition coefficient (Wildman–Crippen LogP) is 4.06. The van der Waals surface area contributed by atoms with Crippen LogP contribution in [0, 0.1) is 0 Å². The van der Waals surface area contributed by atoms with Gasteiger partial charge in [0, 0.05) is 17.3 Å². The standard InChI is InChI=1S/C18H21NO2/c1-12(17-9-8-16(21-2)11-18(17)20)19-15-7-6-13-4-3-5-14(13)10-15/h6-12,19-20H,3-5H2,1-2H3. The minimum absolute atomic E-state index is 0.0374. The van der Waals surface area contributed by atoms with Crippen molar-refractivity contribution in [1.29, 1.82) is 0 Å². The van der Waals surface area contributed by atoms with Gasteiger partial charge in [-0.1, -0.05) is 6.07 Å². The molecule has 0 bridgehead atoms. The number of anilines is 1. The minimum atomic E-state index is 0.0374. The highest BCUT2D eigenvalue weighted by molar-refractivity contribution is 5.53. The molecule has 0 radical (unpaired) electrons. The Morgan fingerprint density at radius 1 is 1.10 bits per heavy atom. The fraction of sp³-hybridized carbons (Fsp3) is 0.333. The molecule has 0 saturated carbocycles. The number of methoxy groups -OCH3 is 1. The second-order valence-electron chi connectivity index (χ2n) is 5.63. The number of hydrogen-bond acceptors (Lipinski definition) is 3. The number of phenolic OH excluding ortho intramolecular Hbond substituents is 1. The van der Waals surface area contributed by atoms with Crippen LogP contribution in [0.4, 0.5) is 5.69 Å². The second-order valence-corrected chi connectivity index (χ2v) is 5.63. The monoisotopic (exact) mass is 283 g/mol. The van der Waals surface area contributed by atoms with Crippen LogP contribution in [0.25, 0.3) is 0 Å². The van der Waals surface area contributed by atoms with Crippen LogP contribution in [0.2, 0.25) is 0 Å². The second kappa shape index (κ2) is 5.68. The summed E-state index contributed by atoms with van der Waals surface area (Å²) in [6.45, 7) is 2.05. The molecule has 0 aliphatic heterocycles. The molecule has 3 rings (SSSR count). The molecular weight excluding hydrogens is 262 g/mol. The molecule has 2 aromatic carbocycles. The van der Waals surface area contributed by atoms with Gasteiger partial charge >= 0.3 is 0 Å². The highest BCUT2D eigenvalue weighted by Crippen LogP contribution is 2.31. The molecule has 0 aromatic heterocycles. The summed E-state index contributed by atoms with van der Waals surface area (Å²) < 4.78 is 5.12. The van der Waals surface area contributed by atoms with E-state index in [9.17, 15) is 5.11 Å². The Hall–Kier alpha value is -2.16. The molecule has 1 aliphatic carbocycles. The number of aryl methyl sites for hydroxylation is 2. The maximum Gasteiger partial charge on any atom is 0.124 e. The first-order valence-corrected chi connectivity index (χ1v) is 7.42. The fourth-order valence-corrected chi connectivity index (χ4v) is 3.01. The molecule has 2 aromatic rings. The summed E-state index contributed by atoms with van der Waals surface area (Å²) in [6, 6.07) is 12.0. The highest BCUT2D eigenvalue weighted by Gasteiger charge is 2.14. The van der Waals surface area contributed by atoms with Crippen molar-refractivity contribution >= 4 is 5.69 Å². The Bertz CT molecular complexity index is 652. The molecular formula is C18H21NO2. The molecule has 3 heteroatoms. The van der Waals surface area contributed by atoms with Crippen molar-refractivity contribution in [2.45, 2.75) is 32.2 Å². The minimum Gasteiger partial charge on any atom is -0.507 e. The largest absolute Gasteiger partial charge is 0.507 e. The SMILES string of the molecule is COc1ccc(C(C)Nc2ccc3c(c2)CCC3)c(O)c1. The number of fused-ring (bicyclic) bond motifs is 1. The van der Waals surface area contributed by atoms with Gasteiger partial charge in [-0.2, -0.15) is 0 Å². The zero-order valence-electron chi connectivity index (χ0n) is 12.5. The Kier molecular flexibility index (Phi) is 3.74. The van der Waals surface area contributed by atoms with Crippen LogP contribution in [0.5, 0.6) is 11.5 Å². The molecule has 0 heterocycles. The zero-order valence-corrected chi connectivity index (χ0v) is 12.5. The topological polar surface area (TPSA) is 41.5 Å². The lowest BCUT2D eigenvalue weighted by atomic mass is 10.1. The van der Waals surface area contributed by atoms with Crippen molar-refractivity contribution in [1.82, 2.24) is 0 Å². The lowest BCUT2D eigenvalue weighted by Crippen LogP contribution is -2.07. The van der Waals surface area contributed by atoms with E-state index in [4.69, 9.17) is 4.74 Å². The third kappa shape index (κ3) is 2.82. The van der Waals surface area contributed by atoms with Gasteiger partial charge in [0.1, 0.15) is 11.5 Å². The zero-order chi connectivity index (χ0) is 14.8. The summed E-state index contributed by atoms with van der Waals surface area (Å²) in [5.74, 6) is 0.927.